The molecule has 0 saturated heterocycles. The molecular formula is C12H8ClFINO2S. The highest BCUT2D eigenvalue weighted by atomic mass is 127. The summed E-state index contributed by atoms with van der Waals surface area (Å²) in [6.07, 6.45) is 0. The monoisotopic (exact) mass is 411 g/mol. The number of anilines is 1. The van der Waals surface area contributed by atoms with E-state index in [0.717, 1.165) is 21.8 Å². The van der Waals surface area contributed by atoms with E-state index in [1.165, 1.54) is 0 Å². The highest BCUT2D eigenvalue weighted by Crippen LogP contribution is 2.25. The van der Waals surface area contributed by atoms with Gasteiger partial charge in [-0.05, 0) is 59.0 Å². The Bertz CT molecular complexity index is 721. The minimum atomic E-state index is -3.83. The summed E-state index contributed by atoms with van der Waals surface area (Å²) in [5.74, 6) is -0.585. The molecule has 0 amide bonds. The zero-order valence-electron chi connectivity index (χ0n) is 9.40. The third-order valence-electron chi connectivity index (χ3n) is 2.26. The molecule has 0 fully saturated rings. The maximum Gasteiger partial charge on any atom is 0.263 e. The number of hydrogen-bond acceptors (Lipinski definition) is 2. The van der Waals surface area contributed by atoms with Gasteiger partial charge in [0.15, 0.2) is 0 Å². The van der Waals surface area contributed by atoms with Gasteiger partial charge in [0.25, 0.3) is 10.0 Å². The smallest absolute Gasteiger partial charge is 0.263 e. The van der Waals surface area contributed by atoms with Crippen LogP contribution in [0.3, 0.4) is 0 Å². The van der Waals surface area contributed by atoms with Crippen LogP contribution in [-0.4, -0.2) is 8.42 Å². The van der Waals surface area contributed by atoms with Crippen LogP contribution in [0.5, 0.6) is 0 Å². The third kappa shape index (κ3) is 3.58. The first-order chi connectivity index (χ1) is 8.88. The average Bonchev–Trinajstić information content (AvgIpc) is 2.27. The Balaban J connectivity index is 2.38. The van der Waals surface area contributed by atoms with Crippen LogP contribution in [0.15, 0.2) is 47.4 Å². The van der Waals surface area contributed by atoms with E-state index in [2.05, 4.69) is 27.3 Å². The standard InChI is InChI=1S/C12H8ClFINO2S/c13-11-6-8(14)4-5-12(11)19(17,18)16-10-3-1-2-9(15)7-10/h1-7,16H. The minimum Gasteiger partial charge on any atom is -0.280 e. The second-order valence-electron chi connectivity index (χ2n) is 3.69. The molecule has 1 N–H and O–H groups in total. The highest BCUT2D eigenvalue weighted by molar-refractivity contribution is 14.1. The molecular weight excluding hydrogens is 404 g/mol. The van der Waals surface area contributed by atoms with Crippen LogP contribution in [0.1, 0.15) is 0 Å². The van der Waals surface area contributed by atoms with Gasteiger partial charge >= 0.3 is 0 Å². The van der Waals surface area contributed by atoms with Crippen LogP contribution in [0, 0.1) is 9.39 Å². The van der Waals surface area contributed by atoms with Gasteiger partial charge in [-0.1, -0.05) is 17.7 Å². The predicted molar refractivity (Wildman–Crippen MR) is 81.4 cm³/mol. The minimum absolute atomic E-state index is 0.155. The lowest BCUT2D eigenvalue weighted by Crippen LogP contribution is -2.13. The fraction of sp³-hybridized carbons (Fsp3) is 0. The summed E-state index contributed by atoms with van der Waals surface area (Å²) in [6, 6.07) is 10.0. The molecule has 0 aromatic heterocycles. The largest absolute Gasteiger partial charge is 0.280 e. The fourth-order valence-corrected chi connectivity index (χ4v) is 3.58. The lowest BCUT2D eigenvalue weighted by molar-refractivity contribution is 0.600. The Hall–Kier alpha value is -0.860. The zero-order valence-corrected chi connectivity index (χ0v) is 13.1. The molecule has 0 atom stereocenters. The number of hydrogen-bond donors (Lipinski definition) is 1. The summed E-state index contributed by atoms with van der Waals surface area (Å²) in [5.41, 5.74) is 0.423. The van der Waals surface area contributed by atoms with Gasteiger partial charge < -0.3 is 0 Å². The quantitative estimate of drug-likeness (QED) is 0.779. The summed E-state index contributed by atoms with van der Waals surface area (Å²) in [4.78, 5) is -0.158. The first-order valence-corrected chi connectivity index (χ1v) is 8.06. The second kappa shape index (κ2) is 5.64. The van der Waals surface area contributed by atoms with E-state index >= 15 is 0 Å². The molecule has 7 heteroatoms. The van der Waals surface area contributed by atoms with Gasteiger partial charge in [0.2, 0.25) is 0 Å². The number of halogens is 3. The summed E-state index contributed by atoms with van der Waals surface area (Å²) >= 11 is 7.82. The van der Waals surface area contributed by atoms with Crippen molar-refractivity contribution in [3.63, 3.8) is 0 Å². The van der Waals surface area contributed by atoms with E-state index in [0.29, 0.717) is 5.69 Å². The molecule has 2 rings (SSSR count). The summed E-state index contributed by atoms with van der Waals surface area (Å²) in [6.45, 7) is 0. The molecule has 0 heterocycles. The molecule has 0 aliphatic rings. The van der Waals surface area contributed by atoms with E-state index < -0.39 is 15.8 Å². The van der Waals surface area contributed by atoms with E-state index in [-0.39, 0.29) is 9.92 Å². The van der Waals surface area contributed by atoms with Crippen molar-refractivity contribution in [2.24, 2.45) is 0 Å². The van der Waals surface area contributed by atoms with Crippen molar-refractivity contribution in [3.8, 4) is 0 Å². The van der Waals surface area contributed by atoms with Gasteiger partial charge in [0.1, 0.15) is 10.7 Å². The maximum absolute atomic E-state index is 12.9. The van der Waals surface area contributed by atoms with Crippen molar-refractivity contribution in [1.29, 1.82) is 0 Å². The first-order valence-electron chi connectivity index (χ1n) is 5.12. The Morgan fingerprint density at radius 3 is 2.53 bits per heavy atom. The molecule has 0 unspecified atom stereocenters. The first kappa shape index (κ1) is 14.5. The Morgan fingerprint density at radius 1 is 1.16 bits per heavy atom. The van der Waals surface area contributed by atoms with E-state index in [9.17, 15) is 12.8 Å². The summed E-state index contributed by atoms with van der Waals surface area (Å²) in [5, 5.41) is -0.155. The third-order valence-corrected chi connectivity index (χ3v) is 4.80. The molecule has 2 aromatic rings. The average molecular weight is 412 g/mol. The van der Waals surface area contributed by atoms with Gasteiger partial charge in [-0.2, -0.15) is 0 Å². The lowest BCUT2D eigenvalue weighted by Gasteiger charge is -2.09. The van der Waals surface area contributed by atoms with Crippen molar-refractivity contribution >= 4 is 49.9 Å². The number of sulfonamides is 1. The maximum atomic E-state index is 12.9. The molecule has 0 spiro atoms. The molecule has 2 aromatic carbocycles. The van der Waals surface area contributed by atoms with Crippen LogP contribution >= 0.6 is 34.2 Å². The van der Waals surface area contributed by atoms with Crippen LogP contribution in [0.4, 0.5) is 10.1 Å². The molecule has 3 nitrogen and oxygen atoms in total. The van der Waals surface area contributed by atoms with Gasteiger partial charge in [-0.25, -0.2) is 12.8 Å². The van der Waals surface area contributed by atoms with E-state index in [4.69, 9.17) is 11.6 Å². The fourth-order valence-electron chi connectivity index (χ4n) is 1.46. The van der Waals surface area contributed by atoms with Crippen LogP contribution in [0.25, 0.3) is 0 Å². The highest BCUT2D eigenvalue weighted by Gasteiger charge is 2.18. The molecule has 100 valence electrons. The second-order valence-corrected chi connectivity index (χ2v) is 6.99. The molecule has 0 radical (unpaired) electrons. The Labute approximate surface area is 129 Å². The predicted octanol–water partition coefficient (Wildman–Crippen LogP) is 3.88. The number of rotatable bonds is 3. The molecule has 0 aliphatic heterocycles. The van der Waals surface area contributed by atoms with Crippen molar-refractivity contribution in [3.05, 3.63) is 56.9 Å². The SMILES string of the molecule is O=S(=O)(Nc1cccc(I)c1)c1ccc(F)cc1Cl. The van der Waals surface area contributed by atoms with Crippen LogP contribution in [-0.2, 0) is 10.0 Å². The zero-order chi connectivity index (χ0) is 14.0. The lowest BCUT2D eigenvalue weighted by atomic mass is 10.3. The number of nitrogens with one attached hydrogen (secondary N) is 1. The molecule has 19 heavy (non-hydrogen) atoms. The van der Waals surface area contributed by atoms with E-state index in [1.807, 2.05) is 6.07 Å². The van der Waals surface area contributed by atoms with Gasteiger partial charge in [-0.3, -0.25) is 4.72 Å². The van der Waals surface area contributed by atoms with E-state index in [1.54, 1.807) is 18.2 Å². The van der Waals surface area contributed by atoms with Crippen molar-refractivity contribution in [1.82, 2.24) is 0 Å². The van der Waals surface area contributed by atoms with Crippen molar-refractivity contribution < 1.29 is 12.8 Å². The molecule has 0 aliphatic carbocycles. The molecule has 0 bridgehead atoms. The van der Waals surface area contributed by atoms with Crippen LogP contribution < -0.4 is 4.72 Å². The van der Waals surface area contributed by atoms with Gasteiger partial charge in [0.05, 0.1) is 5.02 Å². The Kier molecular flexibility index (Phi) is 4.32. The van der Waals surface area contributed by atoms with Gasteiger partial charge in [0, 0.05) is 9.26 Å². The van der Waals surface area contributed by atoms with Crippen molar-refractivity contribution in [2.75, 3.05) is 4.72 Å². The number of benzene rings is 2. The molecule has 0 saturated carbocycles. The van der Waals surface area contributed by atoms with Crippen LogP contribution in [0.2, 0.25) is 5.02 Å². The topological polar surface area (TPSA) is 46.2 Å². The summed E-state index contributed by atoms with van der Waals surface area (Å²) in [7, 11) is -3.83. The summed E-state index contributed by atoms with van der Waals surface area (Å²) < 4.78 is 40.5. The van der Waals surface area contributed by atoms with Crippen molar-refractivity contribution in [2.45, 2.75) is 4.90 Å². The normalized spacial score (nSPS) is 11.3. The Morgan fingerprint density at radius 2 is 1.89 bits per heavy atom. The van der Waals surface area contributed by atoms with Gasteiger partial charge in [-0.15, -0.1) is 0 Å².